The Bertz CT molecular complexity index is 914. The highest BCUT2D eigenvalue weighted by atomic mass is 16.2. The highest BCUT2D eigenvalue weighted by Gasteiger charge is 2.24. The van der Waals surface area contributed by atoms with E-state index in [1.165, 1.54) is 0 Å². The molecule has 0 aromatic carbocycles. The molecule has 25 heavy (non-hydrogen) atoms. The maximum atomic E-state index is 12.5. The number of piperidine rings is 1. The first kappa shape index (κ1) is 15.6. The monoisotopic (exact) mass is 340 g/mol. The summed E-state index contributed by atoms with van der Waals surface area (Å²) in [7, 11) is 1.95. The molecule has 0 bridgehead atoms. The van der Waals surface area contributed by atoms with Gasteiger partial charge in [0.25, 0.3) is 5.91 Å². The quantitative estimate of drug-likeness (QED) is 0.730. The first-order valence-electron chi connectivity index (χ1n) is 8.34. The summed E-state index contributed by atoms with van der Waals surface area (Å²) >= 11 is 0. The highest BCUT2D eigenvalue weighted by Crippen LogP contribution is 2.20. The van der Waals surface area contributed by atoms with Crippen LogP contribution >= 0.6 is 0 Å². The second-order valence-electron chi connectivity index (χ2n) is 6.39. The van der Waals surface area contributed by atoms with Crippen molar-refractivity contribution in [1.29, 1.82) is 0 Å². The lowest BCUT2D eigenvalue weighted by atomic mass is 10.1. The highest BCUT2D eigenvalue weighted by molar-refractivity contribution is 5.94. The van der Waals surface area contributed by atoms with Crippen LogP contribution in [0.4, 0.5) is 5.82 Å². The minimum atomic E-state index is -0.182. The molecular formula is C16H20N8O. The number of rotatable bonds is 3. The normalized spacial score (nSPS) is 17.8. The SMILES string of the molecule is Cc1cc(N2CCCC(NC(=O)c3ccc4n[nH]nc4n3)C2)n(C)n1. The Morgan fingerprint density at radius 1 is 1.36 bits per heavy atom. The molecule has 0 saturated carbocycles. The Kier molecular flexibility index (Phi) is 3.83. The first-order chi connectivity index (χ1) is 12.1. The third kappa shape index (κ3) is 3.04. The molecule has 1 fully saturated rings. The second kappa shape index (κ2) is 6.15. The second-order valence-corrected chi connectivity index (χ2v) is 6.39. The number of aromatic nitrogens is 6. The van der Waals surface area contributed by atoms with Crippen LogP contribution in [0.3, 0.4) is 0 Å². The van der Waals surface area contributed by atoms with E-state index in [1.54, 1.807) is 12.1 Å². The molecule has 1 aliphatic heterocycles. The number of pyridine rings is 1. The van der Waals surface area contributed by atoms with Gasteiger partial charge in [-0.1, -0.05) is 0 Å². The number of hydrogen-bond acceptors (Lipinski definition) is 6. The number of anilines is 1. The fraction of sp³-hybridized carbons (Fsp3) is 0.438. The van der Waals surface area contributed by atoms with Gasteiger partial charge < -0.3 is 10.2 Å². The predicted molar refractivity (Wildman–Crippen MR) is 92.3 cm³/mol. The van der Waals surface area contributed by atoms with Crippen LogP contribution in [0.25, 0.3) is 11.2 Å². The summed E-state index contributed by atoms with van der Waals surface area (Å²) in [5, 5.41) is 17.9. The Balaban J connectivity index is 1.46. The summed E-state index contributed by atoms with van der Waals surface area (Å²) in [6.45, 7) is 3.71. The van der Waals surface area contributed by atoms with E-state index in [2.05, 4.69) is 41.8 Å². The smallest absolute Gasteiger partial charge is 0.270 e. The Labute approximate surface area is 144 Å². The maximum absolute atomic E-state index is 12.5. The summed E-state index contributed by atoms with van der Waals surface area (Å²) in [6.07, 6.45) is 1.97. The Hall–Kier alpha value is -2.97. The molecule has 1 atom stereocenters. The van der Waals surface area contributed by atoms with Crippen molar-refractivity contribution in [3.05, 3.63) is 29.6 Å². The van der Waals surface area contributed by atoms with Crippen molar-refractivity contribution in [3.63, 3.8) is 0 Å². The van der Waals surface area contributed by atoms with Crippen molar-refractivity contribution in [2.24, 2.45) is 7.05 Å². The lowest BCUT2D eigenvalue weighted by molar-refractivity contribution is 0.0928. The van der Waals surface area contributed by atoms with E-state index in [4.69, 9.17) is 0 Å². The van der Waals surface area contributed by atoms with E-state index >= 15 is 0 Å². The fourth-order valence-corrected chi connectivity index (χ4v) is 3.32. The van der Waals surface area contributed by atoms with Gasteiger partial charge in [0.05, 0.1) is 5.69 Å². The van der Waals surface area contributed by atoms with Gasteiger partial charge in [0.1, 0.15) is 17.0 Å². The first-order valence-corrected chi connectivity index (χ1v) is 8.34. The van der Waals surface area contributed by atoms with Crippen LogP contribution < -0.4 is 10.2 Å². The molecule has 3 aromatic heterocycles. The van der Waals surface area contributed by atoms with Gasteiger partial charge in [-0.3, -0.25) is 9.48 Å². The summed E-state index contributed by atoms with van der Waals surface area (Å²) in [5.41, 5.74) is 2.44. The lowest BCUT2D eigenvalue weighted by Crippen LogP contribution is -2.48. The Morgan fingerprint density at radius 2 is 2.24 bits per heavy atom. The molecule has 1 unspecified atom stereocenters. The average Bonchev–Trinajstić information content (AvgIpc) is 3.20. The third-order valence-electron chi connectivity index (χ3n) is 4.47. The molecule has 2 N–H and O–H groups in total. The van der Waals surface area contributed by atoms with Gasteiger partial charge in [-0.15, -0.1) is 5.10 Å². The number of nitrogens with zero attached hydrogens (tertiary/aromatic N) is 6. The predicted octanol–water partition coefficient (Wildman–Crippen LogP) is 0.794. The largest absolute Gasteiger partial charge is 0.355 e. The zero-order valence-electron chi connectivity index (χ0n) is 14.2. The van der Waals surface area contributed by atoms with Crippen LogP contribution in [0.1, 0.15) is 29.0 Å². The summed E-state index contributed by atoms with van der Waals surface area (Å²) in [6, 6.07) is 5.56. The number of H-pyrrole nitrogens is 1. The number of nitrogens with one attached hydrogen (secondary N) is 2. The number of hydrogen-bond donors (Lipinski definition) is 2. The number of fused-ring (bicyclic) bond motifs is 1. The number of aromatic amines is 1. The van der Waals surface area contributed by atoms with Crippen LogP contribution in [0, 0.1) is 6.92 Å². The van der Waals surface area contributed by atoms with Crippen molar-refractivity contribution in [1.82, 2.24) is 35.5 Å². The van der Waals surface area contributed by atoms with E-state index in [0.29, 0.717) is 16.9 Å². The van der Waals surface area contributed by atoms with Crippen molar-refractivity contribution < 1.29 is 4.79 Å². The van der Waals surface area contributed by atoms with Gasteiger partial charge in [0, 0.05) is 32.2 Å². The van der Waals surface area contributed by atoms with Crippen molar-refractivity contribution in [2.45, 2.75) is 25.8 Å². The maximum Gasteiger partial charge on any atom is 0.270 e. The summed E-state index contributed by atoms with van der Waals surface area (Å²) in [5.74, 6) is 0.900. The van der Waals surface area contributed by atoms with E-state index in [9.17, 15) is 4.79 Å². The lowest BCUT2D eigenvalue weighted by Gasteiger charge is -2.34. The third-order valence-corrected chi connectivity index (χ3v) is 4.47. The van der Waals surface area contributed by atoms with Crippen LogP contribution in [0.2, 0.25) is 0 Å². The minimum absolute atomic E-state index is 0.0752. The Morgan fingerprint density at radius 3 is 3.04 bits per heavy atom. The van der Waals surface area contributed by atoms with Crippen molar-refractivity contribution in [3.8, 4) is 0 Å². The van der Waals surface area contributed by atoms with Gasteiger partial charge in [0.15, 0.2) is 0 Å². The fourth-order valence-electron chi connectivity index (χ4n) is 3.32. The average molecular weight is 340 g/mol. The van der Waals surface area contributed by atoms with Gasteiger partial charge in [0.2, 0.25) is 5.65 Å². The van der Waals surface area contributed by atoms with E-state index in [1.807, 2.05) is 18.7 Å². The molecule has 3 aromatic rings. The molecule has 4 heterocycles. The van der Waals surface area contributed by atoms with E-state index < -0.39 is 0 Å². The van der Waals surface area contributed by atoms with E-state index in [0.717, 1.165) is 37.4 Å². The molecular weight excluding hydrogens is 320 g/mol. The number of carbonyl (C=O) groups is 1. The number of aryl methyl sites for hydroxylation is 2. The van der Waals surface area contributed by atoms with Crippen LogP contribution in [0.15, 0.2) is 18.2 Å². The standard InChI is InChI=1S/C16H20N8O/c1-10-8-14(23(2)21-10)24-7-3-4-11(9-24)17-16(25)13-6-5-12-15(18-13)20-22-19-12/h5-6,8,11H,3-4,7,9H2,1-2H3,(H,17,25)(H,18,19,20,22). The molecule has 1 aliphatic rings. The molecule has 9 heteroatoms. The molecule has 9 nitrogen and oxygen atoms in total. The molecule has 1 saturated heterocycles. The topological polar surface area (TPSA) is 105 Å². The number of carbonyl (C=O) groups excluding carboxylic acids is 1. The van der Waals surface area contributed by atoms with E-state index in [-0.39, 0.29) is 11.9 Å². The van der Waals surface area contributed by atoms with Crippen molar-refractivity contribution in [2.75, 3.05) is 18.0 Å². The summed E-state index contributed by atoms with van der Waals surface area (Å²) < 4.78 is 1.89. The molecule has 130 valence electrons. The minimum Gasteiger partial charge on any atom is -0.355 e. The molecule has 0 spiro atoms. The number of amides is 1. The van der Waals surface area contributed by atoms with Crippen LogP contribution in [0.5, 0.6) is 0 Å². The van der Waals surface area contributed by atoms with Crippen molar-refractivity contribution >= 4 is 22.9 Å². The molecule has 0 aliphatic carbocycles. The zero-order valence-corrected chi connectivity index (χ0v) is 14.2. The van der Waals surface area contributed by atoms with Crippen LogP contribution in [-0.2, 0) is 7.05 Å². The molecule has 1 amide bonds. The molecule has 4 rings (SSSR count). The van der Waals surface area contributed by atoms with Gasteiger partial charge >= 0.3 is 0 Å². The molecule has 0 radical (unpaired) electrons. The summed E-state index contributed by atoms with van der Waals surface area (Å²) in [4.78, 5) is 19.0. The van der Waals surface area contributed by atoms with Gasteiger partial charge in [-0.25, -0.2) is 4.98 Å². The van der Waals surface area contributed by atoms with Gasteiger partial charge in [-0.2, -0.15) is 15.4 Å². The van der Waals surface area contributed by atoms with Gasteiger partial charge in [-0.05, 0) is 31.9 Å². The van der Waals surface area contributed by atoms with Crippen LogP contribution in [-0.4, -0.2) is 55.2 Å². The zero-order chi connectivity index (χ0) is 17.4.